The second kappa shape index (κ2) is 15.7. The monoisotopic (exact) mass is 764 g/mol. The van der Waals surface area contributed by atoms with Gasteiger partial charge in [-0.1, -0.05) is 72.2 Å². The number of nitrogens with zero attached hydrogens (tertiary/aromatic N) is 6. The number of hydrogen-bond acceptors (Lipinski definition) is 11. The molecule has 1 atom stereocenters. The summed E-state index contributed by atoms with van der Waals surface area (Å²) in [4.78, 5) is 24.2. The number of sulfonamides is 1. The molecule has 0 aliphatic rings. The number of amides is 1. The molecular formula is C36H41ClN8O7S. The van der Waals surface area contributed by atoms with Gasteiger partial charge >= 0.3 is 0 Å². The molecule has 1 heterocycles. The molecule has 1 unspecified atom stereocenters. The lowest BCUT2D eigenvalue weighted by Crippen LogP contribution is -2.33. The largest absolute Gasteiger partial charge is 0.504 e. The molecule has 53 heavy (non-hydrogen) atoms. The first-order valence-corrected chi connectivity index (χ1v) is 18.6. The van der Waals surface area contributed by atoms with Crippen molar-refractivity contribution in [3.05, 3.63) is 86.6 Å². The van der Waals surface area contributed by atoms with Crippen LogP contribution in [-0.4, -0.2) is 40.2 Å². The number of nitriles is 1. The summed E-state index contributed by atoms with van der Waals surface area (Å²) in [5.41, 5.74) is 0.700. The van der Waals surface area contributed by atoms with E-state index in [4.69, 9.17) is 21.5 Å². The van der Waals surface area contributed by atoms with E-state index >= 15 is 0 Å². The molecular weight excluding hydrogens is 724 g/mol. The Labute approximate surface area is 312 Å². The summed E-state index contributed by atoms with van der Waals surface area (Å²) in [6.45, 7) is 14.6. The van der Waals surface area contributed by atoms with Crippen molar-refractivity contribution in [3.63, 3.8) is 0 Å². The van der Waals surface area contributed by atoms with E-state index in [0.29, 0.717) is 12.2 Å². The van der Waals surface area contributed by atoms with Gasteiger partial charge in [-0.25, -0.2) is 18.2 Å². The van der Waals surface area contributed by atoms with E-state index in [2.05, 4.69) is 68.3 Å². The van der Waals surface area contributed by atoms with Gasteiger partial charge in [-0.05, 0) is 66.0 Å². The molecule has 0 aliphatic heterocycles. The lowest BCUT2D eigenvalue weighted by atomic mass is 9.76. The van der Waals surface area contributed by atoms with Gasteiger partial charge in [0.1, 0.15) is 23.1 Å². The van der Waals surface area contributed by atoms with E-state index in [1.807, 2.05) is 18.2 Å². The summed E-state index contributed by atoms with van der Waals surface area (Å²) in [5, 5.41) is 52.2. The molecule has 0 saturated heterocycles. The zero-order chi connectivity index (χ0) is 39.5. The number of halogens is 1. The van der Waals surface area contributed by atoms with E-state index in [1.165, 1.54) is 12.1 Å². The fourth-order valence-electron chi connectivity index (χ4n) is 5.21. The number of nitro groups is 1. The molecule has 280 valence electrons. The average Bonchev–Trinajstić information content (AvgIpc) is 3.53. The summed E-state index contributed by atoms with van der Waals surface area (Å²) >= 11 is 6.31. The number of rotatable bonds is 14. The van der Waals surface area contributed by atoms with Crippen molar-refractivity contribution in [1.29, 1.82) is 5.26 Å². The predicted molar refractivity (Wildman–Crippen MR) is 200 cm³/mol. The standard InChI is InChI=1S/C36H41ClN8O7S/c1-8-30(52-31-14-11-22(35(4,5)9-2)15-25(31)36(6,7)10-3)34(47)41-27-17-23(16-26(37)32(27)46)42-43-33-21(19-38)20-40-44(33)28-13-12-24(53(39,50)51)18-29(28)45(48)49/h11-18,20,30,46H,8-10H2,1-7H3,(H,41,47)(H2,39,50,51)/b43-42+. The number of azo groups is 1. The number of aromatic nitrogens is 2. The topological polar surface area (TPSA) is 228 Å². The van der Waals surface area contributed by atoms with E-state index in [0.717, 1.165) is 53.0 Å². The van der Waals surface area contributed by atoms with Gasteiger partial charge in [-0.15, -0.1) is 10.2 Å². The number of primary sulfonamides is 1. The maximum atomic E-state index is 13.6. The highest BCUT2D eigenvalue weighted by molar-refractivity contribution is 7.89. The maximum Gasteiger partial charge on any atom is 0.296 e. The van der Waals surface area contributed by atoms with Crippen molar-refractivity contribution >= 4 is 50.4 Å². The Morgan fingerprint density at radius 2 is 1.79 bits per heavy atom. The average molecular weight is 765 g/mol. The van der Waals surface area contributed by atoms with Crippen molar-refractivity contribution in [2.75, 3.05) is 5.32 Å². The van der Waals surface area contributed by atoms with Crippen molar-refractivity contribution in [3.8, 4) is 23.3 Å². The number of ether oxygens (including phenoxy) is 1. The highest BCUT2D eigenvalue weighted by Crippen LogP contribution is 2.41. The number of nitro benzene ring substituents is 1. The number of nitrogens with one attached hydrogen (secondary N) is 1. The maximum absolute atomic E-state index is 13.6. The summed E-state index contributed by atoms with van der Waals surface area (Å²) in [6.07, 6.45) is 2.19. The van der Waals surface area contributed by atoms with Gasteiger partial charge in [0.15, 0.2) is 17.7 Å². The Hall–Kier alpha value is -5.37. The van der Waals surface area contributed by atoms with Crippen molar-refractivity contribution in [1.82, 2.24) is 9.78 Å². The van der Waals surface area contributed by atoms with E-state index < -0.39 is 43.3 Å². The lowest BCUT2D eigenvalue weighted by Gasteiger charge is -2.31. The van der Waals surface area contributed by atoms with Gasteiger partial charge in [-0.2, -0.15) is 10.4 Å². The molecule has 3 aromatic carbocycles. The van der Waals surface area contributed by atoms with Crippen LogP contribution in [0.15, 0.2) is 69.9 Å². The van der Waals surface area contributed by atoms with E-state index in [-0.39, 0.29) is 44.3 Å². The molecule has 4 N–H and O–H groups in total. The highest BCUT2D eigenvalue weighted by Gasteiger charge is 2.30. The van der Waals surface area contributed by atoms with Gasteiger partial charge in [-0.3, -0.25) is 14.9 Å². The molecule has 4 aromatic rings. The Balaban J connectivity index is 1.68. The molecule has 0 bridgehead atoms. The molecule has 0 saturated carbocycles. The molecule has 0 radical (unpaired) electrons. The minimum absolute atomic E-state index is 0.0221. The molecule has 0 fully saturated rings. The van der Waals surface area contributed by atoms with Crippen LogP contribution in [0.1, 0.15) is 84.4 Å². The molecule has 17 heteroatoms. The Morgan fingerprint density at radius 1 is 1.11 bits per heavy atom. The highest BCUT2D eigenvalue weighted by atomic mass is 35.5. The predicted octanol–water partition coefficient (Wildman–Crippen LogP) is 8.25. The number of carbonyl (C=O) groups is 1. The second-order valence-electron chi connectivity index (χ2n) is 13.6. The number of benzene rings is 3. The fraction of sp³-hybridized carbons (Fsp3) is 0.361. The molecule has 1 amide bonds. The normalized spacial score (nSPS) is 12.8. The second-order valence-corrected chi connectivity index (χ2v) is 15.5. The van der Waals surface area contributed by atoms with Crippen LogP contribution in [0, 0.1) is 21.4 Å². The van der Waals surface area contributed by atoms with E-state index in [9.17, 15) is 33.7 Å². The minimum atomic E-state index is -4.27. The summed E-state index contributed by atoms with van der Waals surface area (Å²) in [5.74, 6) is -0.677. The van der Waals surface area contributed by atoms with Crippen LogP contribution >= 0.6 is 11.6 Å². The number of hydrogen-bond donors (Lipinski definition) is 3. The first kappa shape index (κ1) is 40.4. The van der Waals surface area contributed by atoms with Gasteiger partial charge in [0, 0.05) is 11.6 Å². The van der Waals surface area contributed by atoms with Gasteiger partial charge in [0.25, 0.3) is 11.6 Å². The smallest absolute Gasteiger partial charge is 0.296 e. The Bertz CT molecular complexity index is 2240. The van der Waals surface area contributed by atoms with Crippen LogP contribution in [0.3, 0.4) is 0 Å². The quantitative estimate of drug-likeness (QED) is 0.0485. The number of anilines is 1. The summed E-state index contributed by atoms with van der Waals surface area (Å²) < 4.78 is 30.9. The third-order valence-corrected chi connectivity index (χ3v) is 10.5. The first-order chi connectivity index (χ1) is 24.8. The number of carbonyl (C=O) groups excluding carboxylic acids is 1. The number of phenolic OH excluding ortho intramolecular Hbond substituents is 1. The number of nitrogens with two attached hydrogens (primary N) is 1. The SMILES string of the molecule is CCC(Oc1ccc(C(C)(C)CC)cc1C(C)(C)CC)C(=O)Nc1cc(/N=N/c2c(C#N)cnn2-c2ccc(S(N)(=O)=O)cc2[N+](=O)[O-])cc(Cl)c1O. The zero-order valence-corrected chi connectivity index (χ0v) is 31.9. The van der Waals surface area contributed by atoms with Crippen LogP contribution in [0.25, 0.3) is 5.69 Å². The number of phenols is 1. The fourth-order valence-corrected chi connectivity index (χ4v) is 5.95. The minimum Gasteiger partial charge on any atom is -0.504 e. The molecule has 15 nitrogen and oxygen atoms in total. The van der Waals surface area contributed by atoms with Crippen LogP contribution in [0.5, 0.6) is 11.5 Å². The Morgan fingerprint density at radius 3 is 2.38 bits per heavy atom. The molecule has 0 spiro atoms. The van der Waals surface area contributed by atoms with Crippen LogP contribution in [0.2, 0.25) is 5.02 Å². The van der Waals surface area contributed by atoms with Crippen LogP contribution in [-0.2, 0) is 25.6 Å². The van der Waals surface area contributed by atoms with Crippen molar-refractivity contribution in [2.24, 2.45) is 15.4 Å². The third kappa shape index (κ3) is 8.82. The summed E-state index contributed by atoms with van der Waals surface area (Å²) in [7, 11) is -4.27. The molecule has 4 rings (SSSR count). The lowest BCUT2D eigenvalue weighted by molar-refractivity contribution is -0.384. The van der Waals surface area contributed by atoms with Crippen molar-refractivity contribution in [2.45, 2.75) is 89.6 Å². The van der Waals surface area contributed by atoms with Crippen LogP contribution in [0.4, 0.5) is 22.9 Å². The Kier molecular flexibility index (Phi) is 12.0. The first-order valence-electron chi connectivity index (χ1n) is 16.6. The zero-order valence-electron chi connectivity index (χ0n) is 30.3. The molecule has 1 aromatic heterocycles. The van der Waals surface area contributed by atoms with Gasteiger partial charge < -0.3 is 15.2 Å². The van der Waals surface area contributed by atoms with Crippen LogP contribution < -0.4 is 15.2 Å². The number of aromatic hydroxyl groups is 1. The van der Waals surface area contributed by atoms with Gasteiger partial charge in [0.2, 0.25) is 10.0 Å². The van der Waals surface area contributed by atoms with Crippen molar-refractivity contribution < 1.29 is 28.0 Å². The van der Waals surface area contributed by atoms with E-state index in [1.54, 1.807) is 6.92 Å². The molecule has 0 aliphatic carbocycles. The van der Waals surface area contributed by atoms with Gasteiger partial charge in [0.05, 0.1) is 32.4 Å². The third-order valence-electron chi connectivity index (χ3n) is 9.32. The summed E-state index contributed by atoms with van der Waals surface area (Å²) in [6, 6.07) is 13.4.